The Kier molecular flexibility index (Phi) is 4.08. The Morgan fingerprint density at radius 1 is 0.846 bits per heavy atom. The molecule has 0 atom stereocenters. The first-order valence-electron chi connectivity index (χ1n) is 8.44. The summed E-state index contributed by atoms with van der Waals surface area (Å²) in [6.45, 7) is 6.36. The summed E-state index contributed by atoms with van der Waals surface area (Å²) in [5, 5.41) is 6.65. The maximum atomic E-state index is 5.41. The van der Waals surface area contributed by atoms with Crippen LogP contribution in [0.15, 0.2) is 42.5 Å². The van der Waals surface area contributed by atoms with E-state index in [1.807, 2.05) is 37.3 Å². The van der Waals surface area contributed by atoms with Gasteiger partial charge in [0.15, 0.2) is 11.5 Å². The highest BCUT2D eigenvalue weighted by Crippen LogP contribution is 2.35. The fourth-order valence-corrected chi connectivity index (χ4v) is 2.93. The van der Waals surface area contributed by atoms with Crippen LogP contribution >= 0.6 is 0 Å². The first kappa shape index (κ1) is 16.2. The zero-order chi connectivity index (χ0) is 18.1. The van der Waals surface area contributed by atoms with Crippen molar-refractivity contribution >= 4 is 23.1 Å². The van der Waals surface area contributed by atoms with Gasteiger partial charge in [-0.15, -0.1) is 0 Å². The Hall–Kier alpha value is -3.28. The number of fused-ring (bicyclic) bond motifs is 1. The zero-order valence-corrected chi connectivity index (χ0v) is 15.0. The Bertz CT molecular complexity index is 952. The van der Waals surface area contributed by atoms with Crippen LogP contribution in [0.1, 0.15) is 16.8 Å². The smallest absolute Gasteiger partial charge is 0.231 e. The van der Waals surface area contributed by atoms with Crippen molar-refractivity contribution in [3.63, 3.8) is 0 Å². The number of hydrogen-bond donors (Lipinski definition) is 2. The summed E-state index contributed by atoms with van der Waals surface area (Å²) in [5.74, 6) is 2.74. The lowest BCUT2D eigenvalue weighted by Gasteiger charge is -2.14. The van der Waals surface area contributed by atoms with Crippen molar-refractivity contribution in [2.45, 2.75) is 20.8 Å². The van der Waals surface area contributed by atoms with Crippen LogP contribution in [0.25, 0.3) is 0 Å². The molecule has 0 saturated heterocycles. The molecule has 0 bridgehead atoms. The molecule has 0 aliphatic carbocycles. The molecule has 4 rings (SSSR count). The number of para-hydroxylation sites is 1. The topological polar surface area (TPSA) is 68.3 Å². The first-order valence-corrected chi connectivity index (χ1v) is 8.44. The monoisotopic (exact) mass is 348 g/mol. The quantitative estimate of drug-likeness (QED) is 0.717. The van der Waals surface area contributed by atoms with Crippen molar-refractivity contribution < 1.29 is 9.47 Å². The first-order chi connectivity index (χ1) is 12.6. The fraction of sp³-hybridized carbons (Fsp3) is 0.200. The van der Waals surface area contributed by atoms with Crippen LogP contribution < -0.4 is 20.1 Å². The molecule has 0 unspecified atom stereocenters. The molecule has 2 N–H and O–H groups in total. The van der Waals surface area contributed by atoms with E-state index in [-0.39, 0.29) is 6.79 Å². The minimum Gasteiger partial charge on any atom is -0.454 e. The second kappa shape index (κ2) is 6.55. The van der Waals surface area contributed by atoms with Gasteiger partial charge in [0.25, 0.3) is 0 Å². The van der Waals surface area contributed by atoms with E-state index >= 15 is 0 Å². The number of rotatable bonds is 4. The van der Waals surface area contributed by atoms with Crippen molar-refractivity contribution in [1.82, 2.24) is 9.97 Å². The van der Waals surface area contributed by atoms with Crippen molar-refractivity contribution in [1.29, 1.82) is 0 Å². The number of aromatic nitrogens is 2. The van der Waals surface area contributed by atoms with E-state index in [4.69, 9.17) is 9.47 Å². The van der Waals surface area contributed by atoms with Crippen molar-refractivity contribution in [3.8, 4) is 11.5 Å². The highest BCUT2D eigenvalue weighted by molar-refractivity contribution is 5.66. The Morgan fingerprint density at radius 3 is 2.42 bits per heavy atom. The number of anilines is 4. The van der Waals surface area contributed by atoms with Gasteiger partial charge in [0.1, 0.15) is 5.82 Å². The molecule has 6 nitrogen and oxygen atoms in total. The zero-order valence-electron chi connectivity index (χ0n) is 15.0. The summed E-state index contributed by atoms with van der Waals surface area (Å²) in [7, 11) is 0. The molecule has 0 radical (unpaired) electrons. The third kappa shape index (κ3) is 3.26. The van der Waals surface area contributed by atoms with Crippen LogP contribution in [0.4, 0.5) is 23.1 Å². The van der Waals surface area contributed by atoms with Crippen molar-refractivity contribution in [3.05, 3.63) is 59.3 Å². The van der Waals surface area contributed by atoms with E-state index in [9.17, 15) is 0 Å². The highest BCUT2D eigenvalue weighted by Gasteiger charge is 2.14. The van der Waals surface area contributed by atoms with Gasteiger partial charge in [0.2, 0.25) is 12.7 Å². The van der Waals surface area contributed by atoms with Crippen molar-refractivity contribution in [2.24, 2.45) is 0 Å². The lowest BCUT2D eigenvalue weighted by atomic mass is 10.1. The molecule has 132 valence electrons. The average molecular weight is 348 g/mol. The van der Waals surface area contributed by atoms with Crippen LogP contribution in [0, 0.1) is 20.8 Å². The second-order valence-corrected chi connectivity index (χ2v) is 6.30. The van der Waals surface area contributed by atoms with E-state index in [2.05, 4.69) is 46.6 Å². The SMILES string of the molecule is Cc1cc(Nc2c(C)cccc2C)nc(Nc2ccc3c(c2)OCO3)n1. The second-order valence-electron chi connectivity index (χ2n) is 6.30. The normalized spacial score (nSPS) is 12.1. The molecule has 1 aliphatic heterocycles. The molecule has 0 fully saturated rings. The average Bonchev–Trinajstić information content (AvgIpc) is 3.05. The third-order valence-electron chi connectivity index (χ3n) is 4.22. The summed E-state index contributed by atoms with van der Waals surface area (Å²) in [6.07, 6.45) is 0. The van der Waals surface area contributed by atoms with E-state index in [1.165, 1.54) is 11.1 Å². The molecule has 1 aliphatic rings. The Morgan fingerprint density at radius 2 is 1.62 bits per heavy atom. The van der Waals surface area contributed by atoms with Gasteiger partial charge in [-0.3, -0.25) is 0 Å². The van der Waals surface area contributed by atoms with E-state index in [1.54, 1.807) is 0 Å². The Labute approximate surface area is 152 Å². The van der Waals surface area contributed by atoms with Gasteiger partial charge in [-0.25, -0.2) is 4.98 Å². The Balaban J connectivity index is 1.60. The minimum atomic E-state index is 0.254. The molecule has 1 aromatic heterocycles. The van der Waals surface area contributed by atoms with Gasteiger partial charge in [-0.05, 0) is 44.0 Å². The molecule has 2 aromatic carbocycles. The number of aryl methyl sites for hydroxylation is 3. The number of ether oxygens (including phenoxy) is 2. The molecular weight excluding hydrogens is 328 g/mol. The lowest BCUT2D eigenvalue weighted by molar-refractivity contribution is 0.174. The summed E-state index contributed by atoms with van der Waals surface area (Å²) < 4.78 is 10.8. The standard InChI is InChI=1S/C20H20N4O2/c1-12-5-4-6-13(2)19(12)23-18-9-14(3)21-20(24-18)22-15-7-8-16-17(10-15)26-11-25-16/h4-10H,11H2,1-3H3,(H2,21,22,23,24). The van der Waals surface area contributed by atoms with E-state index < -0.39 is 0 Å². The maximum Gasteiger partial charge on any atom is 0.231 e. The van der Waals surface area contributed by atoms with Gasteiger partial charge in [-0.1, -0.05) is 18.2 Å². The van der Waals surface area contributed by atoms with Crippen LogP contribution in [-0.2, 0) is 0 Å². The molecular formula is C20H20N4O2. The maximum absolute atomic E-state index is 5.41. The molecule has 0 saturated carbocycles. The predicted molar refractivity (Wildman–Crippen MR) is 102 cm³/mol. The highest BCUT2D eigenvalue weighted by atomic mass is 16.7. The van der Waals surface area contributed by atoms with E-state index in [0.29, 0.717) is 5.95 Å². The van der Waals surface area contributed by atoms with Crippen LogP contribution in [0.5, 0.6) is 11.5 Å². The molecule has 0 amide bonds. The lowest BCUT2D eigenvalue weighted by Crippen LogP contribution is -2.04. The summed E-state index contributed by atoms with van der Waals surface area (Å²) >= 11 is 0. The van der Waals surface area contributed by atoms with Crippen LogP contribution in [0.3, 0.4) is 0 Å². The van der Waals surface area contributed by atoms with Gasteiger partial charge in [-0.2, -0.15) is 4.98 Å². The number of nitrogens with one attached hydrogen (secondary N) is 2. The molecule has 0 spiro atoms. The van der Waals surface area contributed by atoms with Gasteiger partial charge >= 0.3 is 0 Å². The van der Waals surface area contributed by atoms with Crippen molar-refractivity contribution in [2.75, 3.05) is 17.4 Å². The van der Waals surface area contributed by atoms with Gasteiger partial charge in [0.05, 0.1) is 0 Å². The van der Waals surface area contributed by atoms with Crippen LogP contribution in [0.2, 0.25) is 0 Å². The molecule has 26 heavy (non-hydrogen) atoms. The summed E-state index contributed by atoms with van der Waals surface area (Å²) in [4.78, 5) is 9.07. The largest absolute Gasteiger partial charge is 0.454 e. The number of benzene rings is 2. The summed E-state index contributed by atoms with van der Waals surface area (Å²) in [6, 6.07) is 13.8. The van der Waals surface area contributed by atoms with E-state index in [0.717, 1.165) is 34.4 Å². The molecule has 3 aromatic rings. The minimum absolute atomic E-state index is 0.254. The molecule has 2 heterocycles. The fourth-order valence-electron chi connectivity index (χ4n) is 2.93. The molecule has 6 heteroatoms. The number of hydrogen-bond acceptors (Lipinski definition) is 6. The summed E-state index contributed by atoms with van der Waals surface area (Å²) in [5.41, 5.74) is 5.13. The third-order valence-corrected chi connectivity index (χ3v) is 4.22. The van der Waals surface area contributed by atoms with Gasteiger partial charge < -0.3 is 20.1 Å². The van der Waals surface area contributed by atoms with Crippen LogP contribution in [-0.4, -0.2) is 16.8 Å². The van der Waals surface area contributed by atoms with Gasteiger partial charge in [0, 0.05) is 29.2 Å². The predicted octanol–water partition coefficient (Wildman–Crippen LogP) is 4.62. The number of nitrogens with zero attached hydrogens (tertiary/aromatic N) is 2.